The van der Waals surface area contributed by atoms with Gasteiger partial charge >= 0.3 is 0 Å². The van der Waals surface area contributed by atoms with Gasteiger partial charge in [-0.3, -0.25) is 9.69 Å². The van der Waals surface area contributed by atoms with E-state index in [-0.39, 0.29) is 12.0 Å². The van der Waals surface area contributed by atoms with Crippen LogP contribution in [0.2, 0.25) is 0 Å². The Balaban J connectivity index is 1.59. The molecule has 1 aromatic heterocycles. The number of aliphatic hydroxyl groups is 1. The second-order valence-corrected chi connectivity index (χ2v) is 7.40. The maximum atomic E-state index is 11.0. The summed E-state index contributed by atoms with van der Waals surface area (Å²) in [5.41, 5.74) is 5.27. The highest BCUT2D eigenvalue weighted by Gasteiger charge is 2.27. The minimum atomic E-state index is -0.241. The Kier molecular flexibility index (Phi) is 6.03. The number of amides is 1. The largest absolute Gasteiger partial charge is 0.393 e. The molecule has 2 aliphatic heterocycles. The van der Waals surface area contributed by atoms with Crippen molar-refractivity contribution < 1.29 is 9.90 Å². The molecule has 25 heavy (non-hydrogen) atoms. The minimum absolute atomic E-state index is 0.153. The first kappa shape index (κ1) is 18.3. The molecule has 0 unspecified atom stereocenters. The van der Waals surface area contributed by atoms with E-state index in [1.165, 1.54) is 0 Å². The number of hydrogen-bond acceptors (Lipinski definition) is 6. The molecule has 0 spiro atoms. The molecule has 8 heteroatoms. The summed E-state index contributed by atoms with van der Waals surface area (Å²) in [7, 11) is 2.05. The molecule has 2 fully saturated rings. The third kappa shape index (κ3) is 4.77. The van der Waals surface area contributed by atoms with Gasteiger partial charge in [0.25, 0.3) is 0 Å². The number of primary amides is 1. The van der Waals surface area contributed by atoms with Crippen LogP contribution in [0.25, 0.3) is 0 Å². The molecule has 0 saturated carbocycles. The SMILES string of the molecule is Cn1c(CN2CCC(O)CC2)nnc1[C@@H]1CCCN(CCC(N)=O)C1. The second-order valence-electron chi connectivity index (χ2n) is 7.40. The van der Waals surface area contributed by atoms with E-state index in [1.54, 1.807) is 0 Å². The third-order valence-electron chi connectivity index (χ3n) is 5.47. The van der Waals surface area contributed by atoms with Crippen molar-refractivity contribution in [1.29, 1.82) is 0 Å². The number of aliphatic hydroxyl groups excluding tert-OH is 1. The first-order valence-corrected chi connectivity index (χ1v) is 9.32. The van der Waals surface area contributed by atoms with Crippen LogP contribution in [0.15, 0.2) is 0 Å². The molecule has 0 radical (unpaired) electrons. The summed E-state index contributed by atoms with van der Waals surface area (Å²) in [5.74, 6) is 2.14. The van der Waals surface area contributed by atoms with Crippen molar-refractivity contribution in [2.45, 2.75) is 50.7 Å². The van der Waals surface area contributed by atoms with Crippen molar-refractivity contribution in [2.24, 2.45) is 12.8 Å². The lowest BCUT2D eigenvalue weighted by atomic mass is 9.97. The standard InChI is InChI=1S/C17H30N6O2/c1-21-16(12-23-8-4-14(24)5-9-23)19-20-17(21)13-3-2-7-22(11-13)10-6-15(18)25/h13-14,24H,2-12H2,1H3,(H2,18,25)/t13-/m1/s1. The molecule has 3 rings (SSSR count). The van der Waals surface area contributed by atoms with Crippen molar-refractivity contribution in [3.8, 4) is 0 Å². The number of rotatable bonds is 6. The van der Waals surface area contributed by atoms with Crippen molar-refractivity contribution >= 4 is 5.91 Å². The normalized spacial score (nSPS) is 23.8. The number of piperidine rings is 2. The number of nitrogens with two attached hydrogens (primary N) is 1. The number of hydrogen-bond donors (Lipinski definition) is 2. The van der Waals surface area contributed by atoms with Crippen LogP contribution < -0.4 is 5.73 Å². The van der Waals surface area contributed by atoms with Crippen LogP contribution in [0, 0.1) is 0 Å². The van der Waals surface area contributed by atoms with Crippen molar-refractivity contribution in [3.63, 3.8) is 0 Å². The van der Waals surface area contributed by atoms with E-state index in [9.17, 15) is 9.90 Å². The Labute approximate surface area is 149 Å². The van der Waals surface area contributed by atoms with Crippen LogP contribution >= 0.6 is 0 Å². The Bertz CT molecular complexity index is 582. The van der Waals surface area contributed by atoms with Crippen LogP contribution in [-0.4, -0.2) is 74.4 Å². The Morgan fingerprint density at radius 2 is 1.96 bits per heavy atom. The predicted octanol–water partition coefficient (Wildman–Crippen LogP) is -0.173. The zero-order valence-corrected chi connectivity index (χ0v) is 15.1. The summed E-state index contributed by atoms with van der Waals surface area (Å²) in [6.45, 7) is 5.27. The summed E-state index contributed by atoms with van der Waals surface area (Å²) in [6.07, 6.45) is 4.15. The number of nitrogens with zero attached hydrogens (tertiary/aromatic N) is 5. The monoisotopic (exact) mass is 350 g/mol. The van der Waals surface area contributed by atoms with Crippen molar-refractivity contribution in [3.05, 3.63) is 11.6 Å². The van der Waals surface area contributed by atoms with E-state index in [2.05, 4.69) is 24.6 Å². The van der Waals surface area contributed by atoms with Gasteiger partial charge in [0.15, 0.2) is 0 Å². The molecule has 1 aromatic rings. The van der Waals surface area contributed by atoms with Gasteiger partial charge in [-0.1, -0.05) is 0 Å². The Morgan fingerprint density at radius 1 is 1.20 bits per heavy atom. The molecule has 0 bridgehead atoms. The fourth-order valence-corrected chi connectivity index (χ4v) is 3.88. The van der Waals surface area contributed by atoms with E-state index in [0.29, 0.717) is 12.3 Å². The van der Waals surface area contributed by atoms with Gasteiger partial charge in [0.05, 0.1) is 12.6 Å². The van der Waals surface area contributed by atoms with Gasteiger partial charge in [0, 0.05) is 45.6 Å². The van der Waals surface area contributed by atoms with E-state index < -0.39 is 0 Å². The zero-order valence-electron chi connectivity index (χ0n) is 15.1. The van der Waals surface area contributed by atoms with E-state index in [4.69, 9.17) is 5.73 Å². The quantitative estimate of drug-likeness (QED) is 0.739. The Morgan fingerprint density at radius 3 is 2.68 bits per heavy atom. The molecule has 140 valence electrons. The van der Waals surface area contributed by atoms with E-state index in [0.717, 1.165) is 76.6 Å². The Hall–Kier alpha value is -1.51. The second kappa shape index (κ2) is 8.25. The average molecular weight is 350 g/mol. The lowest BCUT2D eigenvalue weighted by Gasteiger charge is -2.32. The van der Waals surface area contributed by atoms with Crippen LogP contribution in [-0.2, 0) is 18.4 Å². The maximum Gasteiger partial charge on any atom is 0.218 e. The summed E-state index contributed by atoms with van der Waals surface area (Å²) < 4.78 is 2.13. The molecular formula is C17H30N6O2. The molecule has 2 saturated heterocycles. The third-order valence-corrected chi connectivity index (χ3v) is 5.47. The van der Waals surface area contributed by atoms with E-state index >= 15 is 0 Å². The fraction of sp³-hybridized carbons (Fsp3) is 0.824. The summed E-state index contributed by atoms with van der Waals surface area (Å²) in [5, 5.41) is 18.5. The van der Waals surface area contributed by atoms with Gasteiger partial charge in [0.1, 0.15) is 11.6 Å². The zero-order chi connectivity index (χ0) is 17.8. The van der Waals surface area contributed by atoms with Crippen molar-refractivity contribution in [1.82, 2.24) is 24.6 Å². The number of likely N-dealkylation sites (tertiary alicyclic amines) is 2. The van der Waals surface area contributed by atoms with E-state index in [1.807, 2.05) is 7.05 Å². The summed E-state index contributed by atoms with van der Waals surface area (Å²) >= 11 is 0. The van der Waals surface area contributed by atoms with Crippen LogP contribution in [0.3, 0.4) is 0 Å². The van der Waals surface area contributed by atoms with Gasteiger partial charge < -0.3 is 20.3 Å². The number of carbonyl (C=O) groups excluding carboxylic acids is 1. The summed E-state index contributed by atoms with van der Waals surface area (Å²) in [6, 6.07) is 0. The summed E-state index contributed by atoms with van der Waals surface area (Å²) in [4.78, 5) is 15.6. The smallest absolute Gasteiger partial charge is 0.218 e. The average Bonchev–Trinajstić information content (AvgIpc) is 2.96. The van der Waals surface area contributed by atoms with Gasteiger partial charge in [-0.2, -0.15) is 0 Å². The lowest BCUT2D eigenvalue weighted by molar-refractivity contribution is -0.118. The molecule has 0 aliphatic carbocycles. The highest BCUT2D eigenvalue weighted by atomic mass is 16.3. The molecule has 3 heterocycles. The highest BCUT2D eigenvalue weighted by molar-refractivity contribution is 5.73. The van der Waals surface area contributed by atoms with Crippen LogP contribution in [0.1, 0.15) is 49.7 Å². The molecular weight excluding hydrogens is 320 g/mol. The molecule has 1 amide bonds. The molecule has 1 atom stereocenters. The lowest BCUT2D eigenvalue weighted by Crippen LogP contribution is -2.37. The number of carbonyl (C=O) groups is 1. The molecule has 3 N–H and O–H groups in total. The number of aromatic nitrogens is 3. The highest BCUT2D eigenvalue weighted by Crippen LogP contribution is 2.26. The van der Waals surface area contributed by atoms with Gasteiger partial charge in [-0.05, 0) is 32.2 Å². The minimum Gasteiger partial charge on any atom is -0.393 e. The molecule has 2 aliphatic rings. The van der Waals surface area contributed by atoms with Crippen LogP contribution in [0.5, 0.6) is 0 Å². The van der Waals surface area contributed by atoms with Crippen molar-refractivity contribution in [2.75, 3.05) is 32.7 Å². The fourth-order valence-electron chi connectivity index (χ4n) is 3.88. The first-order chi connectivity index (χ1) is 12.0. The first-order valence-electron chi connectivity index (χ1n) is 9.32. The molecule has 8 nitrogen and oxygen atoms in total. The molecule has 0 aromatic carbocycles. The van der Waals surface area contributed by atoms with Gasteiger partial charge in [0.2, 0.25) is 5.91 Å². The van der Waals surface area contributed by atoms with Crippen LogP contribution in [0.4, 0.5) is 0 Å². The topological polar surface area (TPSA) is 101 Å². The van der Waals surface area contributed by atoms with Gasteiger partial charge in [-0.15, -0.1) is 10.2 Å². The predicted molar refractivity (Wildman–Crippen MR) is 93.7 cm³/mol. The van der Waals surface area contributed by atoms with Gasteiger partial charge in [-0.25, -0.2) is 0 Å². The maximum absolute atomic E-state index is 11.0.